The van der Waals surface area contributed by atoms with Crippen LogP contribution in [0, 0.1) is 0 Å². The Morgan fingerprint density at radius 1 is 1.21 bits per heavy atom. The SMILES string of the molecule is O=C(CC1SC(=Nc2ccc(Cl)c(C(F)(F)F)c2)NC1=O)NCc1ccccc1. The van der Waals surface area contributed by atoms with Gasteiger partial charge >= 0.3 is 6.18 Å². The largest absolute Gasteiger partial charge is 0.417 e. The number of nitrogens with one attached hydrogen (secondary N) is 2. The smallest absolute Gasteiger partial charge is 0.352 e. The van der Waals surface area contributed by atoms with Gasteiger partial charge in [-0.2, -0.15) is 13.2 Å². The Balaban J connectivity index is 1.62. The van der Waals surface area contributed by atoms with Crippen molar-refractivity contribution in [2.75, 3.05) is 0 Å². The summed E-state index contributed by atoms with van der Waals surface area (Å²) in [5.74, 6) is -0.734. The first-order valence-electron chi connectivity index (χ1n) is 8.46. The van der Waals surface area contributed by atoms with Gasteiger partial charge in [-0.15, -0.1) is 0 Å². The minimum atomic E-state index is -4.61. The first kappa shape index (κ1) is 21.2. The fraction of sp³-hybridized carbons (Fsp3) is 0.211. The highest BCUT2D eigenvalue weighted by atomic mass is 35.5. The third-order valence-electron chi connectivity index (χ3n) is 3.97. The van der Waals surface area contributed by atoms with Crippen LogP contribution in [0.4, 0.5) is 18.9 Å². The molecule has 2 aromatic rings. The number of carbonyl (C=O) groups is 2. The second-order valence-electron chi connectivity index (χ2n) is 6.14. The molecule has 1 fully saturated rings. The molecule has 1 aliphatic rings. The number of aliphatic imine (C=N–C) groups is 1. The molecule has 0 radical (unpaired) electrons. The van der Waals surface area contributed by atoms with E-state index in [1.807, 2.05) is 30.3 Å². The first-order valence-corrected chi connectivity index (χ1v) is 9.72. The van der Waals surface area contributed by atoms with Crippen molar-refractivity contribution in [1.29, 1.82) is 0 Å². The van der Waals surface area contributed by atoms with Gasteiger partial charge in [-0.05, 0) is 23.8 Å². The van der Waals surface area contributed by atoms with E-state index >= 15 is 0 Å². The van der Waals surface area contributed by atoms with Gasteiger partial charge in [0, 0.05) is 13.0 Å². The summed E-state index contributed by atoms with van der Waals surface area (Å²) in [5.41, 5.74) is -0.0827. The summed E-state index contributed by atoms with van der Waals surface area (Å²) >= 11 is 6.58. The number of benzene rings is 2. The highest BCUT2D eigenvalue weighted by molar-refractivity contribution is 8.15. The number of amidine groups is 1. The number of hydrogen-bond donors (Lipinski definition) is 2. The quantitative estimate of drug-likeness (QED) is 0.727. The van der Waals surface area contributed by atoms with Crippen LogP contribution in [0.5, 0.6) is 0 Å². The van der Waals surface area contributed by atoms with E-state index in [0.29, 0.717) is 6.54 Å². The Morgan fingerprint density at radius 3 is 2.62 bits per heavy atom. The van der Waals surface area contributed by atoms with Crippen LogP contribution in [0.15, 0.2) is 53.5 Å². The van der Waals surface area contributed by atoms with Crippen molar-refractivity contribution in [1.82, 2.24) is 10.6 Å². The number of amides is 2. The molecule has 152 valence electrons. The second-order valence-corrected chi connectivity index (χ2v) is 7.74. The summed E-state index contributed by atoms with van der Waals surface area (Å²) in [6.07, 6.45) is -4.69. The Labute approximate surface area is 173 Å². The number of nitrogens with zero attached hydrogens (tertiary/aromatic N) is 1. The highest BCUT2D eigenvalue weighted by Crippen LogP contribution is 2.37. The van der Waals surface area contributed by atoms with Crippen LogP contribution in [-0.2, 0) is 22.3 Å². The Kier molecular flexibility index (Phi) is 6.49. The van der Waals surface area contributed by atoms with Gasteiger partial charge < -0.3 is 10.6 Å². The fourth-order valence-corrected chi connectivity index (χ4v) is 3.76. The summed E-state index contributed by atoms with van der Waals surface area (Å²) < 4.78 is 38.9. The number of carbonyl (C=O) groups excluding carboxylic acids is 2. The predicted octanol–water partition coefficient (Wildman–Crippen LogP) is 4.28. The van der Waals surface area contributed by atoms with Crippen LogP contribution in [-0.4, -0.2) is 22.2 Å². The molecule has 1 saturated heterocycles. The molecule has 0 aromatic heterocycles. The van der Waals surface area contributed by atoms with Crippen molar-refractivity contribution in [3.63, 3.8) is 0 Å². The number of rotatable bonds is 5. The molecular formula is C19H15ClF3N3O2S. The lowest BCUT2D eigenvalue weighted by Gasteiger charge is -2.09. The van der Waals surface area contributed by atoms with E-state index in [-0.39, 0.29) is 23.2 Å². The maximum Gasteiger partial charge on any atom is 0.417 e. The maximum absolute atomic E-state index is 13.0. The average molecular weight is 442 g/mol. The van der Waals surface area contributed by atoms with Crippen molar-refractivity contribution < 1.29 is 22.8 Å². The Hall–Kier alpha value is -2.52. The van der Waals surface area contributed by atoms with Crippen LogP contribution in [0.1, 0.15) is 17.5 Å². The third kappa shape index (κ3) is 5.74. The molecular weight excluding hydrogens is 427 g/mol. The van der Waals surface area contributed by atoms with Gasteiger partial charge in [-0.25, -0.2) is 4.99 Å². The summed E-state index contributed by atoms with van der Waals surface area (Å²) in [6, 6.07) is 12.5. The maximum atomic E-state index is 13.0. The average Bonchev–Trinajstić information content (AvgIpc) is 3.00. The molecule has 0 saturated carbocycles. The molecule has 1 heterocycles. The molecule has 3 rings (SSSR count). The Morgan fingerprint density at radius 2 is 1.93 bits per heavy atom. The molecule has 10 heteroatoms. The van der Waals surface area contributed by atoms with Crippen molar-refractivity contribution in [3.05, 3.63) is 64.7 Å². The van der Waals surface area contributed by atoms with Gasteiger partial charge in [0.2, 0.25) is 11.8 Å². The van der Waals surface area contributed by atoms with Crippen LogP contribution in [0.25, 0.3) is 0 Å². The molecule has 2 aromatic carbocycles. The molecule has 2 N–H and O–H groups in total. The minimum Gasteiger partial charge on any atom is -0.352 e. The summed E-state index contributed by atoms with van der Waals surface area (Å²) in [6.45, 7) is 0.338. The zero-order valence-electron chi connectivity index (χ0n) is 14.8. The monoisotopic (exact) mass is 441 g/mol. The lowest BCUT2D eigenvalue weighted by atomic mass is 10.2. The Bertz CT molecular complexity index is 951. The molecule has 1 atom stereocenters. The van der Waals surface area contributed by atoms with Crippen molar-refractivity contribution in [2.45, 2.75) is 24.4 Å². The lowest BCUT2D eigenvalue weighted by molar-refractivity contribution is -0.137. The topological polar surface area (TPSA) is 70.6 Å². The van der Waals surface area contributed by atoms with Gasteiger partial charge in [0.25, 0.3) is 0 Å². The van der Waals surface area contributed by atoms with Crippen LogP contribution in [0.2, 0.25) is 5.02 Å². The van der Waals surface area contributed by atoms with Gasteiger partial charge in [0.05, 0.1) is 16.3 Å². The van der Waals surface area contributed by atoms with E-state index in [4.69, 9.17) is 11.6 Å². The second kappa shape index (κ2) is 8.87. The van der Waals surface area contributed by atoms with E-state index < -0.39 is 27.9 Å². The van der Waals surface area contributed by atoms with E-state index in [0.717, 1.165) is 29.5 Å². The number of hydrogen-bond acceptors (Lipinski definition) is 4. The number of thioether (sulfide) groups is 1. The molecule has 1 unspecified atom stereocenters. The van der Waals surface area contributed by atoms with Crippen molar-refractivity contribution in [3.8, 4) is 0 Å². The van der Waals surface area contributed by atoms with E-state index in [1.54, 1.807) is 0 Å². The first-order chi connectivity index (χ1) is 13.7. The summed E-state index contributed by atoms with van der Waals surface area (Å²) in [5, 5.41) is 4.20. The summed E-state index contributed by atoms with van der Waals surface area (Å²) in [4.78, 5) is 28.2. The fourth-order valence-electron chi connectivity index (χ4n) is 2.55. The lowest BCUT2D eigenvalue weighted by Crippen LogP contribution is -2.31. The molecule has 2 amide bonds. The molecule has 5 nitrogen and oxygen atoms in total. The minimum absolute atomic E-state index is 0.00120. The zero-order chi connectivity index (χ0) is 21.0. The normalized spacial score (nSPS) is 18.0. The molecule has 29 heavy (non-hydrogen) atoms. The van der Waals surface area contributed by atoms with E-state index in [1.165, 1.54) is 6.07 Å². The predicted molar refractivity (Wildman–Crippen MR) is 106 cm³/mol. The highest BCUT2D eigenvalue weighted by Gasteiger charge is 2.34. The standard InChI is InChI=1S/C19H15ClF3N3O2S/c20-14-7-6-12(8-13(14)19(21,22)23)25-18-26-17(28)15(29-18)9-16(27)24-10-11-4-2-1-3-5-11/h1-8,15H,9-10H2,(H,24,27)(H,25,26,28). The zero-order valence-corrected chi connectivity index (χ0v) is 16.4. The van der Waals surface area contributed by atoms with Gasteiger partial charge in [-0.3, -0.25) is 9.59 Å². The van der Waals surface area contributed by atoms with Crippen LogP contribution >= 0.6 is 23.4 Å². The molecule has 0 aliphatic carbocycles. The van der Waals surface area contributed by atoms with Gasteiger partial charge in [-0.1, -0.05) is 53.7 Å². The van der Waals surface area contributed by atoms with Gasteiger partial charge in [0.15, 0.2) is 5.17 Å². The number of alkyl halides is 3. The van der Waals surface area contributed by atoms with E-state index in [9.17, 15) is 22.8 Å². The van der Waals surface area contributed by atoms with Crippen molar-refractivity contribution >= 4 is 46.0 Å². The van der Waals surface area contributed by atoms with Gasteiger partial charge in [0.1, 0.15) is 5.25 Å². The van der Waals surface area contributed by atoms with Crippen LogP contribution in [0.3, 0.4) is 0 Å². The number of halogens is 4. The van der Waals surface area contributed by atoms with E-state index in [2.05, 4.69) is 15.6 Å². The van der Waals surface area contributed by atoms with Crippen LogP contribution < -0.4 is 10.6 Å². The summed E-state index contributed by atoms with van der Waals surface area (Å²) in [7, 11) is 0. The molecule has 1 aliphatic heterocycles. The molecule has 0 bridgehead atoms. The third-order valence-corrected chi connectivity index (χ3v) is 5.38. The van der Waals surface area contributed by atoms with Crippen molar-refractivity contribution in [2.24, 2.45) is 4.99 Å². The molecule has 0 spiro atoms.